The summed E-state index contributed by atoms with van der Waals surface area (Å²) in [5.41, 5.74) is -1.49. The van der Waals surface area contributed by atoms with Crippen LogP contribution < -0.4 is 10.0 Å². The van der Waals surface area contributed by atoms with E-state index in [9.17, 15) is 26.4 Å². The van der Waals surface area contributed by atoms with Gasteiger partial charge in [0.15, 0.2) is 0 Å². The zero-order valence-corrected chi connectivity index (χ0v) is 17.9. The van der Waals surface area contributed by atoms with Crippen LogP contribution in [0.15, 0.2) is 45.9 Å². The summed E-state index contributed by atoms with van der Waals surface area (Å²) in [7, 11) is -4.22. The van der Waals surface area contributed by atoms with E-state index in [1.807, 2.05) is 0 Å². The number of carbonyl (C=O) groups is 1. The van der Waals surface area contributed by atoms with Crippen LogP contribution in [0.5, 0.6) is 0 Å². The van der Waals surface area contributed by atoms with Gasteiger partial charge in [-0.1, -0.05) is 0 Å². The number of alkyl halides is 3. The number of benzene rings is 1. The van der Waals surface area contributed by atoms with Crippen molar-refractivity contribution in [3.63, 3.8) is 0 Å². The van der Waals surface area contributed by atoms with Crippen LogP contribution in [0.1, 0.15) is 26.3 Å². The molecule has 0 aliphatic carbocycles. The predicted molar refractivity (Wildman–Crippen MR) is 103 cm³/mol. The highest BCUT2D eigenvalue weighted by Crippen LogP contribution is 2.32. The van der Waals surface area contributed by atoms with E-state index in [0.717, 1.165) is 18.3 Å². The van der Waals surface area contributed by atoms with Crippen molar-refractivity contribution in [1.29, 1.82) is 0 Å². The van der Waals surface area contributed by atoms with Crippen LogP contribution in [0, 0.1) is 0 Å². The second-order valence-electron chi connectivity index (χ2n) is 6.80. The molecule has 1 heterocycles. The van der Waals surface area contributed by atoms with Crippen molar-refractivity contribution in [3.05, 3.63) is 46.6 Å². The molecule has 0 fully saturated rings. The van der Waals surface area contributed by atoms with Crippen LogP contribution in [0.25, 0.3) is 0 Å². The summed E-state index contributed by atoms with van der Waals surface area (Å²) in [5, 5.41) is 2.67. The summed E-state index contributed by atoms with van der Waals surface area (Å²) in [6.07, 6.45) is -4.66. The topological polar surface area (TPSA) is 97.4 Å². The van der Waals surface area contributed by atoms with Gasteiger partial charge in [0, 0.05) is 10.7 Å². The van der Waals surface area contributed by atoms with E-state index in [-0.39, 0.29) is 20.9 Å². The highest BCUT2D eigenvalue weighted by Gasteiger charge is 2.30. The fraction of sp³-hybridized carbons (Fsp3) is 0.294. The van der Waals surface area contributed by atoms with Crippen molar-refractivity contribution < 1.29 is 31.1 Å². The summed E-state index contributed by atoms with van der Waals surface area (Å²) in [5.74, 6) is -0.0805. The van der Waals surface area contributed by atoms with Gasteiger partial charge in [-0.05, 0) is 67.0 Å². The highest BCUT2D eigenvalue weighted by atomic mass is 79.9. The number of sulfonamides is 1. The minimum atomic E-state index is -4.53. The number of ether oxygens (including phenoxy) is 1. The highest BCUT2D eigenvalue weighted by molar-refractivity contribution is 9.10. The molecule has 2 N–H and O–H groups in total. The molecule has 0 atom stereocenters. The van der Waals surface area contributed by atoms with Crippen molar-refractivity contribution in [1.82, 2.24) is 9.71 Å². The maximum Gasteiger partial charge on any atom is 0.421 e. The van der Waals surface area contributed by atoms with Crippen LogP contribution in [-0.4, -0.2) is 25.1 Å². The fourth-order valence-corrected chi connectivity index (χ4v) is 3.57. The Morgan fingerprint density at radius 1 is 1.14 bits per heavy atom. The third kappa shape index (κ3) is 6.60. The third-order valence-electron chi connectivity index (χ3n) is 3.22. The summed E-state index contributed by atoms with van der Waals surface area (Å²) in [6.45, 7) is 4.74. The molecular formula is C17H17BrF3N3O4S. The summed E-state index contributed by atoms with van der Waals surface area (Å²) >= 11 is 3.15. The number of rotatable bonds is 4. The lowest BCUT2D eigenvalue weighted by Crippen LogP contribution is -2.36. The maximum atomic E-state index is 12.8. The second kappa shape index (κ2) is 8.19. The number of pyridine rings is 1. The van der Waals surface area contributed by atoms with Gasteiger partial charge < -0.3 is 10.1 Å². The van der Waals surface area contributed by atoms with Gasteiger partial charge in [-0.3, -0.25) is 0 Å². The fourth-order valence-electron chi connectivity index (χ4n) is 2.05. The first-order valence-corrected chi connectivity index (χ1v) is 10.3. The molecular weight excluding hydrogens is 479 g/mol. The zero-order valence-electron chi connectivity index (χ0n) is 15.5. The lowest BCUT2D eigenvalue weighted by molar-refractivity contribution is -0.137. The first-order valence-electron chi connectivity index (χ1n) is 8.03. The molecule has 0 bridgehead atoms. The first-order chi connectivity index (χ1) is 13.2. The van der Waals surface area contributed by atoms with Crippen LogP contribution in [-0.2, 0) is 20.9 Å². The number of aromatic nitrogens is 1. The van der Waals surface area contributed by atoms with Gasteiger partial charge >= 0.3 is 12.3 Å². The smallest absolute Gasteiger partial charge is 0.421 e. The van der Waals surface area contributed by atoms with Crippen LogP contribution in [0.4, 0.5) is 29.5 Å². The molecule has 2 aromatic rings. The van der Waals surface area contributed by atoms with Gasteiger partial charge in [0.05, 0.1) is 16.1 Å². The Hall–Kier alpha value is -2.34. The Labute approximate surface area is 173 Å². The number of hydrogen-bond acceptors (Lipinski definition) is 6. The van der Waals surface area contributed by atoms with Crippen molar-refractivity contribution in [2.45, 2.75) is 37.4 Å². The Morgan fingerprint density at radius 2 is 1.79 bits per heavy atom. The average molecular weight is 496 g/mol. The number of nitrogens with one attached hydrogen (secondary N) is 2. The maximum absolute atomic E-state index is 12.8. The van der Waals surface area contributed by atoms with E-state index < -0.39 is 33.5 Å². The molecule has 2 rings (SSSR count). The quantitative estimate of drug-likeness (QED) is 0.630. The van der Waals surface area contributed by atoms with Crippen LogP contribution in [0.3, 0.4) is 0 Å². The van der Waals surface area contributed by atoms with E-state index in [0.29, 0.717) is 0 Å². The van der Waals surface area contributed by atoms with Crippen LogP contribution in [0.2, 0.25) is 0 Å². The molecule has 29 heavy (non-hydrogen) atoms. The van der Waals surface area contributed by atoms with Crippen LogP contribution >= 0.6 is 15.9 Å². The van der Waals surface area contributed by atoms with Crippen molar-refractivity contribution in [3.8, 4) is 0 Å². The van der Waals surface area contributed by atoms with E-state index in [4.69, 9.17) is 4.74 Å². The molecule has 0 aliphatic rings. The number of hydrogen-bond donors (Lipinski definition) is 2. The number of halogens is 4. The molecule has 0 spiro atoms. The largest absolute Gasteiger partial charge is 0.443 e. The monoisotopic (exact) mass is 495 g/mol. The molecule has 12 heteroatoms. The first kappa shape index (κ1) is 22.9. The molecule has 0 saturated heterocycles. The summed E-state index contributed by atoms with van der Waals surface area (Å²) in [6, 6.07) is 5.32. The lowest BCUT2D eigenvalue weighted by Gasteiger charge is -2.19. The number of carbonyl (C=O) groups excluding carboxylic acids is 1. The Morgan fingerprint density at radius 3 is 2.34 bits per heavy atom. The van der Waals surface area contributed by atoms with Gasteiger partial charge in [-0.2, -0.15) is 13.2 Å². The molecule has 0 unspecified atom stereocenters. The predicted octanol–water partition coefficient (Wildman–Crippen LogP) is 4.82. The number of nitrogens with zero attached hydrogens (tertiary/aromatic N) is 1. The molecule has 0 saturated carbocycles. The molecule has 1 amide bonds. The minimum Gasteiger partial charge on any atom is -0.443 e. The van der Waals surface area contributed by atoms with E-state index in [2.05, 4.69) is 26.2 Å². The Kier molecular flexibility index (Phi) is 6.48. The molecule has 158 valence electrons. The Bertz CT molecular complexity index is 1020. The molecule has 7 nitrogen and oxygen atoms in total. The Balaban J connectivity index is 2.21. The number of anilines is 2. The van der Waals surface area contributed by atoms with Gasteiger partial charge in [0.1, 0.15) is 11.4 Å². The molecule has 1 aromatic carbocycles. The SMILES string of the molecule is CC(C)(C)OC(=O)NS(=O)(=O)c1ccc(Nc2cc(C(F)(F)F)ccn2)c(Br)c1. The number of amides is 1. The molecule has 0 radical (unpaired) electrons. The standard InChI is InChI=1S/C17H17BrF3N3O4S/c1-16(2,3)28-15(25)24-29(26,27)11-4-5-13(12(18)9-11)23-14-8-10(6-7-22-14)17(19,20)21/h4-9H,1-3H3,(H,22,23)(H,24,25). The van der Waals surface area contributed by atoms with Gasteiger partial charge in [-0.25, -0.2) is 22.9 Å². The van der Waals surface area contributed by atoms with Crippen molar-refractivity contribution in [2.75, 3.05) is 5.32 Å². The summed E-state index contributed by atoms with van der Waals surface area (Å²) < 4.78 is 70.0. The third-order valence-corrected chi connectivity index (χ3v) is 5.18. The van der Waals surface area contributed by atoms with Crippen molar-refractivity contribution >= 4 is 43.6 Å². The molecule has 0 aliphatic heterocycles. The van der Waals surface area contributed by atoms with E-state index in [1.54, 1.807) is 25.5 Å². The minimum absolute atomic E-state index is 0.0805. The lowest BCUT2D eigenvalue weighted by atomic mass is 10.2. The normalized spacial score (nSPS) is 12.4. The molecule has 1 aromatic heterocycles. The van der Waals surface area contributed by atoms with Gasteiger partial charge in [-0.15, -0.1) is 0 Å². The average Bonchev–Trinajstić information content (AvgIpc) is 2.53. The van der Waals surface area contributed by atoms with Gasteiger partial charge in [0.2, 0.25) is 0 Å². The second-order valence-corrected chi connectivity index (χ2v) is 9.34. The zero-order chi connectivity index (χ0) is 22.0. The van der Waals surface area contributed by atoms with Gasteiger partial charge in [0.25, 0.3) is 10.0 Å². The van der Waals surface area contributed by atoms with Crippen molar-refractivity contribution in [2.24, 2.45) is 0 Å². The van der Waals surface area contributed by atoms with E-state index in [1.165, 1.54) is 18.2 Å². The summed E-state index contributed by atoms with van der Waals surface area (Å²) in [4.78, 5) is 15.3. The van der Waals surface area contributed by atoms with E-state index >= 15 is 0 Å².